The lowest BCUT2D eigenvalue weighted by Crippen LogP contribution is -2.08. The Hall–Kier alpha value is -1.46. The average molecular weight is 270 g/mol. The Morgan fingerprint density at radius 1 is 1.44 bits per heavy atom. The Morgan fingerprint density at radius 3 is 3.00 bits per heavy atom. The minimum Gasteiger partial charge on any atom is -0.339 e. The number of nitrogens with one attached hydrogen (secondary N) is 1. The molecule has 0 unspecified atom stereocenters. The van der Waals surface area contributed by atoms with Crippen LogP contribution in [0.5, 0.6) is 0 Å². The van der Waals surface area contributed by atoms with E-state index in [0.29, 0.717) is 23.7 Å². The van der Waals surface area contributed by atoms with E-state index < -0.39 is 0 Å². The van der Waals surface area contributed by atoms with Crippen molar-refractivity contribution in [1.29, 1.82) is 0 Å². The first-order chi connectivity index (χ1) is 8.70. The highest BCUT2D eigenvalue weighted by atomic mass is 35.5. The predicted molar refractivity (Wildman–Crippen MR) is 66.9 cm³/mol. The first kappa shape index (κ1) is 13.0. The number of nitrogens with zero attached hydrogens (tertiary/aromatic N) is 2. The molecule has 18 heavy (non-hydrogen) atoms. The summed E-state index contributed by atoms with van der Waals surface area (Å²) in [4.78, 5) is 4.23. The molecule has 0 spiro atoms. The van der Waals surface area contributed by atoms with Crippen molar-refractivity contribution >= 4 is 11.6 Å². The Bertz CT molecular complexity index is 530. The van der Waals surface area contributed by atoms with Crippen LogP contribution in [-0.4, -0.2) is 23.7 Å². The summed E-state index contributed by atoms with van der Waals surface area (Å²) in [6.45, 7) is 0.884. The van der Waals surface area contributed by atoms with E-state index in [-0.39, 0.29) is 10.8 Å². The van der Waals surface area contributed by atoms with Crippen molar-refractivity contribution in [3.05, 3.63) is 34.9 Å². The van der Waals surface area contributed by atoms with Gasteiger partial charge in [0.05, 0.1) is 5.02 Å². The van der Waals surface area contributed by atoms with Crippen molar-refractivity contribution in [3.63, 3.8) is 0 Å². The molecule has 1 N–H and O–H groups in total. The van der Waals surface area contributed by atoms with Crippen LogP contribution in [0.1, 0.15) is 12.3 Å². The summed E-state index contributed by atoms with van der Waals surface area (Å²) >= 11 is 5.93. The van der Waals surface area contributed by atoms with E-state index >= 15 is 0 Å². The van der Waals surface area contributed by atoms with Crippen LogP contribution >= 0.6 is 11.6 Å². The quantitative estimate of drug-likeness (QED) is 0.848. The lowest BCUT2D eigenvalue weighted by Gasteiger charge is -1.97. The lowest BCUT2D eigenvalue weighted by molar-refractivity contribution is 0.375. The number of benzene rings is 1. The van der Waals surface area contributed by atoms with Crippen LogP contribution in [0, 0.1) is 5.82 Å². The zero-order valence-corrected chi connectivity index (χ0v) is 10.7. The molecule has 0 saturated carbocycles. The fraction of sp³-hybridized carbons (Fsp3) is 0.333. The van der Waals surface area contributed by atoms with Crippen LogP contribution in [0.4, 0.5) is 4.39 Å². The predicted octanol–water partition coefficient (Wildman–Crippen LogP) is 2.68. The monoisotopic (exact) mass is 269 g/mol. The molecule has 2 aromatic rings. The minimum atomic E-state index is -0.388. The molecule has 0 aliphatic heterocycles. The number of halogens is 2. The first-order valence-corrected chi connectivity index (χ1v) is 6.01. The van der Waals surface area contributed by atoms with Gasteiger partial charge in [-0.1, -0.05) is 16.8 Å². The molecule has 6 heteroatoms. The summed E-state index contributed by atoms with van der Waals surface area (Å²) in [5, 5.41) is 7.16. The van der Waals surface area contributed by atoms with Gasteiger partial charge in [-0.05, 0) is 38.2 Å². The van der Waals surface area contributed by atoms with Crippen LogP contribution in [0.25, 0.3) is 11.4 Å². The van der Waals surface area contributed by atoms with Gasteiger partial charge in [-0.25, -0.2) is 4.39 Å². The Labute approximate surface area is 109 Å². The molecule has 0 aliphatic carbocycles. The standard InChI is InChI=1S/C12H13ClFN3O/c1-15-6-2-3-11-16-12(17-18-11)9-5-4-8(14)7-10(9)13/h4-5,7,15H,2-3,6H2,1H3. The topological polar surface area (TPSA) is 51.0 Å². The fourth-order valence-corrected chi connectivity index (χ4v) is 1.80. The van der Waals surface area contributed by atoms with Gasteiger partial charge in [0.15, 0.2) is 0 Å². The summed E-state index contributed by atoms with van der Waals surface area (Å²) in [6.07, 6.45) is 1.61. The van der Waals surface area contributed by atoms with Gasteiger partial charge in [-0.3, -0.25) is 0 Å². The van der Waals surface area contributed by atoms with Crippen LogP contribution in [0.3, 0.4) is 0 Å². The van der Waals surface area contributed by atoms with E-state index in [0.717, 1.165) is 13.0 Å². The van der Waals surface area contributed by atoms with Crippen molar-refractivity contribution in [2.45, 2.75) is 12.8 Å². The van der Waals surface area contributed by atoms with Crippen molar-refractivity contribution in [2.24, 2.45) is 0 Å². The van der Waals surface area contributed by atoms with Crippen molar-refractivity contribution in [1.82, 2.24) is 15.5 Å². The van der Waals surface area contributed by atoms with Crippen LogP contribution < -0.4 is 5.32 Å². The molecule has 1 aromatic heterocycles. The summed E-state index contributed by atoms with van der Waals surface area (Å²) in [6, 6.07) is 4.09. The van der Waals surface area contributed by atoms with Gasteiger partial charge in [0, 0.05) is 12.0 Å². The Morgan fingerprint density at radius 2 is 2.28 bits per heavy atom. The van der Waals surface area contributed by atoms with E-state index in [2.05, 4.69) is 15.5 Å². The zero-order chi connectivity index (χ0) is 13.0. The van der Waals surface area contributed by atoms with Gasteiger partial charge in [-0.15, -0.1) is 0 Å². The van der Waals surface area contributed by atoms with Gasteiger partial charge in [0.25, 0.3) is 0 Å². The second-order valence-electron chi connectivity index (χ2n) is 3.84. The number of hydrogen-bond donors (Lipinski definition) is 1. The number of aryl methyl sites for hydroxylation is 1. The number of hydrogen-bond acceptors (Lipinski definition) is 4. The van der Waals surface area contributed by atoms with Crippen molar-refractivity contribution in [3.8, 4) is 11.4 Å². The van der Waals surface area contributed by atoms with Gasteiger partial charge >= 0.3 is 0 Å². The third kappa shape index (κ3) is 3.05. The second kappa shape index (κ2) is 5.93. The highest BCUT2D eigenvalue weighted by molar-refractivity contribution is 6.33. The van der Waals surface area contributed by atoms with Gasteiger partial charge in [0.1, 0.15) is 5.82 Å². The van der Waals surface area contributed by atoms with E-state index in [4.69, 9.17) is 16.1 Å². The molecule has 0 atom stereocenters. The SMILES string of the molecule is CNCCCc1nc(-c2ccc(F)cc2Cl)no1. The van der Waals surface area contributed by atoms with Crippen LogP contribution in [0.15, 0.2) is 22.7 Å². The molecular weight excluding hydrogens is 257 g/mol. The molecule has 0 saturated heterocycles. The molecule has 0 bridgehead atoms. The maximum atomic E-state index is 12.9. The van der Waals surface area contributed by atoms with E-state index in [1.54, 1.807) is 6.07 Å². The van der Waals surface area contributed by atoms with Crippen molar-refractivity contribution in [2.75, 3.05) is 13.6 Å². The lowest BCUT2D eigenvalue weighted by atomic mass is 10.2. The summed E-state index contributed by atoms with van der Waals surface area (Å²) in [7, 11) is 1.89. The molecule has 1 heterocycles. The van der Waals surface area contributed by atoms with Gasteiger partial charge < -0.3 is 9.84 Å². The van der Waals surface area contributed by atoms with Crippen LogP contribution in [0.2, 0.25) is 5.02 Å². The third-order valence-electron chi connectivity index (χ3n) is 2.46. The largest absolute Gasteiger partial charge is 0.339 e. The number of rotatable bonds is 5. The summed E-state index contributed by atoms with van der Waals surface area (Å²) in [5.41, 5.74) is 0.571. The molecule has 1 aromatic carbocycles. The summed E-state index contributed by atoms with van der Waals surface area (Å²) in [5.74, 6) is 0.557. The maximum Gasteiger partial charge on any atom is 0.227 e. The molecule has 96 valence electrons. The van der Waals surface area contributed by atoms with E-state index in [1.807, 2.05) is 7.05 Å². The highest BCUT2D eigenvalue weighted by Gasteiger charge is 2.12. The average Bonchev–Trinajstić information content (AvgIpc) is 2.78. The third-order valence-corrected chi connectivity index (χ3v) is 2.77. The van der Waals surface area contributed by atoms with Gasteiger partial charge in [0.2, 0.25) is 11.7 Å². The molecule has 0 radical (unpaired) electrons. The molecule has 0 aliphatic rings. The fourth-order valence-electron chi connectivity index (χ4n) is 1.55. The maximum absolute atomic E-state index is 12.9. The summed E-state index contributed by atoms with van der Waals surface area (Å²) < 4.78 is 18.0. The van der Waals surface area contributed by atoms with Gasteiger partial charge in [-0.2, -0.15) is 4.98 Å². The molecule has 2 rings (SSSR count). The molecular formula is C12H13ClFN3O. The Balaban J connectivity index is 2.13. The molecule has 0 fully saturated rings. The highest BCUT2D eigenvalue weighted by Crippen LogP contribution is 2.26. The first-order valence-electron chi connectivity index (χ1n) is 5.63. The second-order valence-corrected chi connectivity index (χ2v) is 4.25. The smallest absolute Gasteiger partial charge is 0.227 e. The minimum absolute atomic E-state index is 0.276. The normalized spacial score (nSPS) is 10.8. The molecule has 4 nitrogen and oxygen atoms in total. The number of aromatic nitrogens is 2. The van der Waals surface area contributed by atoms with Crippen molar-refractivity contribution < 1.29 is 8.91 Å². The van der Waals surface area contributed by atoms with E-state index in [9.17, 15) is 4.39 Å². The van der Waals surface area contributed by atoms with Crippen LogP contribution in [-0.2, 0) is 6.42 Å². The van der Waals surface area contributed by atoms with E-state index in [1.165, 1.54) is 12.1 Å². The molecule has 0 amide bonds. The zero-order valence-electron chi connectivity index (χ0n) is 9.91. The Kier molecular flexibility index (Phi) is 4.28.